The molecular formula is C32H38ClN3O4S. The molecule has 2 amide bonds. The highest BCUT2D eigenvalue weighted by Gasteiger charge is 2.34. The third kappa shape index (κ3) is 7.49. The molecule has 1 aliphatic carbocycles. The van der Waals surface area contributed by atoms with Crippen molar-refractivity contribution in [3.8, 4) is 0 Å². The Bertz CT molecular complexity index is 1430. The van der Waals surface area contributed by atoms with E-state index in [9.17, 15) is 18.0 Å². The summed E-state index contributed by atoms with van der Waals surface area (Å²) in [4.78, 5) is 29.3. The molecule has 1 atom stereocenters. The Morgan fingerprint density at radius 3 is 2.22 bits per heavy atom. The molecule has 218 valence electrons. The lowest BCUT2D eigenvalue weighted by Crippen LogP contribution is -2.54. The molecule has 0 unspecified atom stereocenters. The van der Waals surface area contributed by atoms with Crippen molar-refractivity contribution < 1.29 is 18.0 Å². The van der Waals surface area contributed by atoms with Crippen LogP contribution in [0, 0.1) is 6.92 Å². The number of halogens is 1. The predicted molar refractivity (Wildman–Crippen MR) is 163 cm³/mol. The van der Waals surface area contributed by atoms with Crippen molar-refractivity contribution in [2.24, 2.45) is 0 Å². The van der Waals surface area contributed by atoms with E-state index in [1.54, 1.807) is 48.2 Å². The highest BCUT2D eigenvalue weighted by atomic mass is 35.5. The average Bonchev–Trinajstić information content (AvgIpc) is 3.49. The highest BCUT2D eigenvalue weighted by molar-refractivity contribution is 7.92. The number of hydrogen-bond acceptors (Lipinski definition) is 4. The van der Waals surface area contributed by atoms with Gasteiger partial charge in [-0.05, 0) is 68.0 Å². The molecule has 1 saturated carbocycles. The van der Waals surface area contributed by atoms with Crippen LogP contribution < -0.4 is 9.62 Å². The normalized spacial score (nSPS) is 14.4. The van der Waals surface area contributed by atoms with Gasteiger partial charge in [0.1, 0.15) is 12.6 Å². The Hall–Kier alpha value is -3.36. The Morgan fingerprint density at radius 2 is 1.59 bits per heavy atom. The van der Waals surface area contributed by atoms with Crippen molar-refractivity contribution in [2.45, 2.75) is 69.4 Å². The second kappa shape index (κ2) is 14.0. The van der Waals surface area contributed by atoms with E-state index in [2.05, 4.69) is 5.32 Å². The molecule has 1 aliphatic rings. The van der Waals surface area contributed by atoms with Gasteiger partial charge in [0.05, 0.1) is 10.6 Å². The fourth-order valence-electron chi connectivity index (χ4n) is 5.36. The van der Waals surface area contributed by atoms with E-state index in [-0.39, 0.29) is 23.4 Å². The monoisotopic (exact) mass is 595 g/mol. The number of amides is 2. The van der Waals surface area contributed by atoms with Crippen LogP contribution in [0.5, 0.6) is 0 Å². The molecule has 3 aromatic rings. The fraction of sp³-hybridized carbons (Fsp3) is 0.375. The first-order valence-electron chi connectivity index (χ1n) is 14.2. The van der Waals surface area contributed by atoms with E-state index in [1.807, 2.05) is 37.3 Å². The van der Waals surface area contributed by atoms with Crippen molar-refractivity contribution in [1.29, 1.82) is 0 Å². The number of carbonyl (C=O) groups excluding carboxylic acids is 2. The number of sulfonamides is 1. The number of nitrogens with zero attached hydrogens (tertiary/aromatic N) is 2. The van der Waals surface area contributed by atoms with Gasteiger partial charge in [-0.1, -0.05) is 86.0 Å². The summed E-state index contributed by atoms with van der Waals surface area (Å²) in [6.45, 7) is 3.40. The van der Waals surface area contributed by atoms with Crippen molar-refractivity contribution in [3.05, 3.63) is 95.0 Å². The van der Waals surface area contributed by atoms with Crippen molar-refractivity contribution in [1.82, 2.24) is 10.2 Å². The largest absolute Gasteiger partial charge is 0.352 e. The first-order valence-corrected chi connectivity index (χ1v) is 16.0. The summed E-state index contributed by atoms with van der Waals surface area (Å²) in [5.74, 6) is -0.648. The smallest absolute Gasteiger partial charge is 0.264 e. The molecule has 0 radical (unpaired) electrons. The zero-order chi connectivity index (χ0) is 29.4. The van der Waals surface area contributed by atoms with E-state index >= 15 is 0 Å². The lowest BCUT2D eigenvalue weighted by molar-refractivity contribution is -0.139. The molecule has 1 N–H and O–H groups in total. The third-order valence-corrected chi connectivity index (χ3v) is 9.87. The molecule has 0 saturated heterocycles. The summed E-state index contributed by atoms with van der Waals surface area (Å²) >= 11 is 6.40. The Morgan fingerprint density at radius 1 is 0.951 bits per heavy atom. The topological polar surface area (TPSA) is 86.8 Å². The van der Waals surface area contributed by atoms with Crippen LogP contribution in [0.15, 0.2) is 83.8 Å². The highest BCUT2D eigenvalue weighted by Crippen LogP contribution is 2.31. The SMILES string of the molecule is CC[C@@H](C(=O)NC1CCCC1)N(CCc1ccccc1)C(=O)CN(c1cccc(Cl)c1C)S(=O)(=O)c1ccccc1. The Labute approximate surface area is 248 Å². The summed E-state index contributed by atoms with van der Waals surface area (Å²) in [6, 6.07) is 22.1. The molecule has 41 heavy (non-hydrogen) atoms. The van der Waals surface area contributed by atoms with Gasteiger partial charge in [-0.15, -0.1) is 0 Å². The summed E-state index contributed by atoms with van der Waals surface area (Å²) in [7, 11) is -4.13. The number of rotatable bonds is 12. The standard InChI is InChI=1S/C32H38ClN3O4S/c1-3-29(32(38)34-26-15-10-11-16-26)35(22-21-25-13-6-4-7-14-25)31(37)23-36(30-20-12-19-28(33)24(30)2)41(39,40)27-17-8-5-9-18-27/h4-9,12-14,17-20,26,29H,3,10-11,15-16,21-23H2,1-2H3,(H,34,38)/t29-/m0/s1. The van der Waals surface area contributed by atoms with Gasteiger partial charge in [0, 0.05) is 17.6 Å². The molecule has 9 heteroatoms. The summed E-state index contributed by atoms with van der Waals surface area (Å²) in [5, 5.41) is 3.53. The van der Waals surface area contributed by atoms with E-state index in [0.29, 0.717) is 29.1 Å². The van der Waals surface area contributed by atoms with Crippen molar-refractivity contribution >= 4 is 39.1 Å². The number of nitrogens with one attached hydrogen (secondary N) is 1. The predicted octanol–water partition coefficient (Wildman–Crippen LogP) is 5.75. The summed E-state index contributed by atoms with van der Waals surface area (Å²) < 4.78 is 29.1. The van der Waals surface area contributed by atoms with Gasteiger partial charge in [-0.25, -0.2) is 8.42 Å². The Kier molecular flexibility index (Phi) is 10.5. The van der Waals surface area contributed by atoms with Crippen LogP contribution in [-0.4, -0.2) is 50.3 Å². The second-order valence-corrected chi connectivity index (χ2v) is 12.7. The van der Waals surface area contributed by atoms with Gasteiger partial charge in [0.25, 0.3) is 10.0 Å². The van der Waals surface area contributed by atoms with Crippen LogP contribution in [0.25, 0.3) is 0 Å². The minimum absolute atomic E-state index is 0.0639. The molecule has 0 heterocycles. The number of carbonyl (C=O) groups is 2. The maximum Gasteiger partial charge on any atom is 0.264 e. The van der Waals surface area contributed by atoms with Crippen molar-refractivity contribution in [2.75, 3.05) is 17.4 Å². The van der Waals surface area contributed by atoms with Gasteiger partial charge >= 0.3 is 0 Å². The quantitative estimate of drug-likeness (QED) is 0.289. The maximum absolute atomic E-state index is 14.2. The molecule has 0 aromatic heterocycles. The van der Waals surface area contributed by atoms with E-state index in [0.717, 1.165) is 35.6 Å². The molecule has 4 rings (SSSR count). The minimum atomic E-state index is -4.13. The van der Waals surface area contributed by atoms with Crippen LogP contribution in [0.3, 0.4) is 0 Å². The van der Waals surface area contributed by atoms with Crippen molar-refractivity contribution in [3.63, 3.8) is 0 Å². The molecule has 0 aliphatic heterocycles. The lowest BCUT2D eigenvalue weighted by atomic mass is 10.1. The summed E-state index contributed by atoms with van der Waals surface area (Å²) in [5.41, 5.74) is 1.89. The molecule has 3 aromatic carbocycles. The zero-order valence-corrected chi connectivity index (χ0v) is 25.2. The van der Waals surface area contributed by atoms with Gasteiger partial charge in [0.2, 0.25) is 11.8 Å². The molecular weight excluding hydrogens is 558 g/mol. The van der Waals surface area contributed by atoms with Gasteiger partial charge in [-0.2, -0.15) is 0 Å². The van der Waals surface area contributed by atoms with Crippen LogP contribution in [0.2, 0.25) is 5.02 Å². The van der Waals surface area contributed by atoms with Crippen LogP contribution in [-0.2, 0) is 26.0 Å². The van der Waals surface area contributed by atoms with Gasteiger partial charge in [-0.3, -0.25) is 13.9 Å². The van der Waals surface area contributed by atoms with Crippen LogP contribution in [0.1, 0.15) is 50.2 Å². The fourth-order valence-corrected chi connectivity index (χ4v) is 7.02. The van der Waals surface area contributed by atoms with E-state index in [4.69, 9.17) is 11.6 Å². The molecule has 1 fully saturated rings. The first kappa shape index (κ1) is 30.6. The molecule has 0 spiro atoms. The number of hydrogen-bond donors (Lipinski definition) is 1. The lowest BCUT2D eigenvalue weighted by Gasteiger charge is -2.34. The minimum Gasteiger partial charge on any atom is -0.352 e. The third-order valence-electron chi connectivity index (χ3n) is 7.69. The molecule has 0 bridgehead atoms. The number of anilines is 1. The Balaban J connectivity index is 1.69. The van der Waals surface area contributed by atoms with Gasteiger partial charge < -0.3 is 10.2 Å². The van der Waals surface area contributed by atoms with Crippen LogP contribution in [0.4, 0.5) is 5.69 Å². The zero-order valence-electron chi connectivity index (χ0n) is 23.6. The maximum atomic E-state index is 14.2. The van der Waals surface area contributed by atoms with Crippen LogP contribution >= 0.6 is 11.6 Å². The second-order valence-electron chi connectivity index (χ2n) is 10.4. The number of benzene rings is 3. The van der Waals surface area contributed by atoms with E-state index < -0.39 is 28.5 Å². The average molecular weight is 596 g/mol. The molecule has 7 nitrogen and oxygen atoms in total. The van der Waals surface area contributed by atoms with Gasteiger partial charge in [0.15, 0.2) is 0 Å². The first-order chi connectivity index (χ1) is 19.7. The van der Waals surface area contributed by atoms with E-state index in [1.165, 1.54) is 12.1 Å². The summed E-state index contributed by atoms with van der Waals surface area (Å²) in [6.07, 6.45) is 4.93.